The number of hydrogen-bond acceptors (Lipinski definition) is 2. The molecule has 0 aliphatic rings. The minimum Gasteiger partial charge on any atom is -0.444 e. The normalized spacial score (nSPS) is 11.6. The number of benzene rings is 1. The molecule has 1 amide bonds. The predicted molar refractivity (Wildman–Crippen MR) is 80.9 cm³/mol. The van der Waals surface area contributed by atoms with E-state index in [1.807, 2.05) is 45.2 Å². The van der Waals surface area contributed by atoms with Crippen LogP contribution in [-0.4, -0.2) is 16.7 Å². The van der Waals surface area contributed by atoms with Crippen molar-refractivity contribution < 1.29 is 9.53 Å². The van der Waals surface area contributed by atoms with Crippen molar-refractivity contribution in [2.45, 2.75) is 26.4 Å². The lowest BCUT2D eigenvalue weighted by molar-refractivity contribution is 0.0636. The van der Waals surface area contributed by atoms with Gasteiger partial charge in [0, 0.05) is 26.4 Å². The van der Waals surface area contributed by atoms with Crippen LogP contribution in [0.5, 0.6) is 0 Å². The Morgan fingerprint density at radius 3 is 2.78 bits per heavy atom. The van der Waals surface area contributed by atoms with Crippen LogP contribution in [0.3, 0.4) is 0 Å². The molecule has 1 aromatic carbocycles. The fraction of sp³-hybridized carbons (Fsp3) is 0.308. The molecule has 0 radical (unpaired) electrons. The Labute approximate surface area is 119 Å². The van der Waals surface area contributed by atoms with Crippen molar-refractivity contribution in [2.75, 3.05) is 5.32 Å². The van der Waals surface area contributed by atoms with Crippen molar-refractivity contribution >= 4 is 45.3 Å². The summed E-state index contributed by atoms with van der Waals surface area (Å²) in [7, 11) is 0. The van der Waals surface area contributed by atoms with E-state index in [2.05, 4.69) is 32.9 Å². The van der Waals surface area contributed by atoms with Gasteiger partial charge >= 0.3 is 6.09 Å². The molecule has 0 fully saturated rings. The Morgan fingerprint density at radius 1 is 1.39 bits per heavy atom. The number of anilines is 1. The number of rotatable bonds is 1. The molecule has 1 heterocycles. The molecule has 0 bridgehead atoms. The number of amides is 1. The Hall–Kier alpha value is -1.24. The minimum atomic E-state index is -0.490. The van der Waals surface area contributed by atoms with E-state index in [1.165, 1.54) is 0 Å². The van der Waals surface area contributed by atoms with Gasteiger partial charge in [-0.25, -0.2) is 4.79 Å². The highest BCUT2D eigenvalue weighted by molar-refractivity contribution is 14.1. The zero-order valence-corrected chi connectivity index (χ0v) is 12.7. The second-order valence-electron chi connectivity index (χ2n) is 5.02. The quantitative estimate of drug-likeness (QED) is 0.754. The molecule has 0 aliphatic carbocycles. The van der Waals surface area contributed by atoms with Gasteiger partial charge in [-0.3, -0.25) is 5.32 Å². The van der Waals surface area contributed by atoms with Crippen LogP contribution in [-0.2, 0) is 4.74 Å². The number of hydrogen-bond donors (Lipinski definition) is 2. The first-order chi connectivity index (χ1) is 8.35. The number of carbonyl (C=O) groups excluding carboxylic acids is 1. The average molecular weight is 358 g/mol. The molecule has 0 saturated heterocycles. The van der Waals surface area contributed by atoms with Crippen molar-refractivity contribution in [3.05, 3.63) is 28.0 Å². The van der Waals surface area contributed by atoms with Gasteiger partial charge in [-0.05, 0) is 61.6 Å². The Kier molecular flexibility index (Phi) is 3.52. The summed E-state index contributed by atoms with van der Waals surface area (Å²) in [5.41, 5.74) is 1.22. The standard InChI is InChI=1S/C13H15IN2O2/c1-13(2,3)18-12(17)16-8-4-5-9-10(14)7-15-11(9)6-8/h4-7,15H,1-3H3,(H,16,17). The largest absolute Gasteiger partial charge is 0.444 e. The number of ether oxygens (including phenoxy) is 1. The van der Waals surface area contributed by atoms with Crippen LogP contribution in [0.1, 0.15) is 20.8 Å². The van der Waals surface area contributed by atoms with Gasteiger partial charge in [0.15, 0.2) is 0 Å². The van der Waals surface area contributed by atoms with Gasteiger partial charge in [-0.2, -0.15) is 0 Å². The summed E-state index contributed by atoms with van der Waals surface area (Å²) in [4.78, 5) is 14.8. The van der Waals surface area contributed by atoms with Gasteiger partial charge in [-0.15, -0.1) is 0 Å². The molecule has 5 heteroatoms. The second kappa shape index (κ2) is 4.79. The van der Waals surface area contributed by atoms with Gasteiger partial charge in [0.05, 0.1) is 0 Å². The van der Waals surface area contributed by atoms with Gasteiger partial charge < -0.3 is 9.72 Å². The van der Waals surface area contributed by atoms with E-state index in [1.54, 1.807) is 0 Å². The summed E-state index contributed by atoms with van der Waals surface area (Å²) in [5, 5.41) is 3.86. The fourth-order valence-electron chi connectivity index (χ4n) is 1.59. The number of carbonyl (C=O) groups is 1. The number of H-pyrrole nitrogens is 1. The molecule has 2 rings (SSSR count). The summed E-state index contributed by atoms with van der Waals surface area (Å²) in [6, 6.07) is 5.73. The summed E-state index contributed by atoms with van der Waals surface area (Å²) in [5.74, 6) is 0. The molecule has 0 unspecified atom stereocenters. The highest BCUT2D eigenvalue weighted by atomic mass is 127. The van der Waals surface area contributed by atoms with E-state index >= 15 is 0 Å². The summed E-state index contributed by atoms with van der Waals surface area (Å²) in [6.07, 6.45) is 1.49. The minimum absolute atomic E-state index is 0.442. The van der Waals surface area contributed by atoms with Gasteiger partial charge in [0.2, 0.25) is 0 Å². The number of nitrogens with one attached hydrogen (secondary N) is 2. The lowest BCUT2D eigenvalue weighted by Crippen LogP contribution is -2.27. The Morgan fingerprint density at radius 2 is 2.11 bits per heavy atom. The molecule has 0 aliphatic heterocycles. The van der Waals surface area contributed by atoms with Crippen LogP contribution >= 0.6 is 22.6 Å². The molecular weight excluding hydrogens is 343 g/mol. The predicted octanol–water partition coefficient (Wildman–Crippen LogP) is 4.12. The third-order valence-electron chi connectivity index (χ3n) is 2.28. The first kappa shape index (κ1) is 13.2. The molecular formula is C13H15IN2O2. The van der Waals surface area contributed by atoms with Crippen molar-refractivity contribution in [3.8, 4) is 0 Å². The molecule has 1 aromatic heterocycles. The number of aromatic nitrogens is 1. The van der Waals surface area contributed by atoms with Crippen molar-refractivity contribution in [1.82, 2.24) is 4.98 Å². The monoisotopic (exact) mass is 358 g/mol. The van der Waals surface area contributed by atoms with Crippen molar-refractivity contribution in [3.63, 3.8) is 0 Å². The van der Waals surface area contributed by atoms with Crippen LogP contribution in [0, 0.1) is 3.57 Å². The van der Waals surface area contributed by atoms with E-state index < -0.39 is 11.7 Å². The number of fused-ring (bicyclic) bond motifs is 1. The SMILES string of the molecule is CC(C)(C)OC(=O)Nc1ccc2c(I)c[nH]c2c1. The van der Waals surface area contributed by atoms with Crippen LogP contribution in [0.25, 0.3) is 10.9 Å². The third kappa shape index (κ3) is 3.16. The smallest absolute Gasteiger partial charge is 0.412 e. The molecule has 18 heavy (non-hydrogen) atoms. The lowest BCUT2D eigenvalue weighted by atomic mass is 10.2. The molecule has 0 atom stereocenters. The Bertz CT molecular complexity index is 584. The van der Waals surface area contributed by atoms with Crippen molar-refractivity contribution in [1.29, 1.82) is 0 Å². The number of halogens is 1. The number of aromatic amines is 1. The van der Waals surface area contributed by atoms with E-state index in [4.69, 9.17) is 4.74 Å². The maximum absolute atomic E-state index is 11.6. The second-order valence-corrected chi connectivity index (χ2v) is 6.19. The molecule has 4 nitrogen and oxygen atoms in total. The zero-order chi connectivity index (χ0) is 13.3. The van der Waals surface area contributed by atoms with E-state index in [9.17, 15) is 4.79 Å². The summed E-state index contributed by atoms with van der Waals surface area (Å²) < 4.78 is 6.36. The van der Waals surface area contributed by atoms with Crippen LogP contribution < -0.4 is 5.32 Å². The first-order valence-corrected chi connectivity index (χ1v) is 6.70. The van der Waals surface area contributed by atoms with Crippen LogP contribution in [0.2, 0.25) is 0 Å². The van der Waals surface area contributed by atoms with E-state index in [-0.39, 0.29) is 0 Å². The van der Waals surface area contributed by atoms with Gasteiger partial charge in [0.1, 0.15) is 5.60 Å². The molecule has 0 spiro atoms. The summed E-state index contributed by atoms with van der Waals surface area (Å²) >= 11 is 2.27. The molecule has 2 N–H and O–H groups in total. The highest BCUT2D eigenvalue weighted by Gasteiger charge is 2.16. The molecule has 0 saturated carbocycles. The zero-order valence-electron chi connectivity index (χ0n) is 10.5. The highest BCUT2D eigenvalue weighted by Crippen LogP contribution is 2.23. The molecule has 96 valence electrons. The molecule has 2 aromatic rings. The topological polar surface area (TPSA) is 54.1 Å². The maximum Gasteiger partial charge on any atom is 0.412 e. The van der Waals surface area contributed by atoms with Crippen LogP contribution in [0.15, 0.2) is 24.4 Å². The van der Waals surface area contributed by atoms with Gasteiger partial charge in [0.25, 0.3) is 0 Å². The lowest BCUT2D eigenvalue weighted by Gasteiger charge is -2.19. The van der Waals surface area contributed by atoms with E-state index in [0.717, 1.165) is 20.2 Å². The maximum atomic E-state index is 11.6. The van der Waals surface area contributed by atoms with Crippen molar-refractivity contribution in [2.24, 2.45) is 0 Å². The van der Waals surface area contributed by atoms with Gasteiger partial charge in [-0.1, -0.05) is 0 Å². The Balaban J connectivity index is 2.15. The average Bonchev–Trinajstić information content (AvgIpc) is 2.57. The first-order valence-electron chi connectivity index (χ1n) is 5.62. The van der Waals surface area contributed by atoms with E-state index in [0.29, 0.717) is 0 Å². The summed E-state index contributed by atoms with van der Waals surface area (Å²) in [6.45, 7) is 5.51. The third-order valence-corrected chi connectivity index (χ3v) is 3.17. The van der Waals surface area contributed by atoms with Crippen LogP contribution in [0.4, 0.5) is 10.5 Å². The fourth-order valence-corrected chi connectivity index (χ4v) is 2.22.